The van der Waals surface area contributed by atoms with Crippen molar-refractivity contribution in [1.29, 1.82) is 0 Å². The van der Waals surface area contributed by atoms with E-state index < -0.39 is 0 Å². The van der Waals surface area contributed by atoms with Gasteiger partial charge in [0.2, 0.25) is 5.91 Å². The van der Waals surface area contributed by atoms with Crippen LogP contribution in [0.25, 0.3) is 0 Å². The summed E-state index contributed by atoms with van der Waals surface area (Å²) in [6.45, 7) is 14.1. The number of nitrogens with zero attached hydrogens (tertiary/aromatic N) is 4. The maximum absolute atomic E-state index is 11.6. The lowest BCUT2D eigenvalue weighted by molar-refractivity contribution is -0.128. The number of hydrogen-bond donors (Lipinski definition) is 2. The summed E-state index contributed by atoms with van der Waals surface area (Å²) in [6.07, 6.45) is 4.06. The van der Waals surface area contributed by atoms with E-state index in [1.54, 1.807) is 24.9 Å². The summed E-state index contributed by atoms with van der Waals surface area (Å²) in [6, 6.07) is 5.53. The smallest absolute Gasteiger partial charge is 0.219 e. The van der Waals surface area contributed by atoms with E-state index in [-0.39, 0.29) is 17.7 Å². The van der Waals surface area contributed by atoms with Gasteiger partial charge in [0.15, 0.2) is 0 Å². The van der Waals surface area contributed by atoms with Crippen molar-refractivity contribution in [3.63, 3.8) is 0 Å². The molecule has 2 N–H and O–H groups in total. The number of amides is 1. The first kappa shape index (κ1) is 27.3. The van der Waals surface area contributed by atoms with Crippen LogP contribution in [-0.4, -0.2) is 57.1 Å². The molecule has 1 aromatic carbocycles. The molecule has 34 heavy (non-hydrogen) atoms. The third-order valence-corrected chi connectivity index (χ3v) is 6.24. The van der Waals surface area contributed by atoms with Crippen LogP contribution in [-0.2, 0) is 22.6 Å². The van der Waals surface area contributed by atoms with E-state index in [0.717, 1.165) is 55.0 Å². The maximum atomic E-state index is 11.6. The molecule has 1 aromatic heterocycles. The first-order valence-corrected chi connectivity index (χ1v) is 12.1. The number of aryl methyl sites for hydroxylation is 2. The van der Waals surface area contributed by atoms with Crippen molar-refractivity contribution in [3.8, 4) is 5.75 Å². The van der Waals surface area contributed by atoms with Crippen molar-refractivity contribution in [2.75, 3.05) is 25.5 Å². The van der Waals surface area contributed by atoms with E-state index in [1.165, 1.54) is 0 Å². The highest BCUT2D eigenvalue weighted by Crippen LogP contribution is 2.31. The number of carbonyl (C=O) groups is 2. The van der Waals surface area contributed by atoms with Gasteiger partial charge in [-0.15, -0.1) is 10.2 Å². The maximum Gasteiger partial charge on any atom is 0.219 e. The summed E-state index contributed by atoms with van der Waals surface area (Å²) < 4.78 is 2.13. The van der Waals surface area contributed by atoms with Crippen molar-refractivity contribution in [3.05, 3.63) is 35.4 Å². The molecule has 8 heteroatoms. The van der Waals surface area contributed by atoms with Gasteiger partial charge in [-0.25, -0.2) is 0 Å². The molecule has 1 aliphatic heterocycles. The molecular formula is C26H41N5O3. The summed E-state index contributed by atoms with van der Waals surface area (Å²) >= 11 is 0. The Labute approximate surface area is 203 Å². The van der Waals surface area contributed by atoms with Gasteiger partial charge in [-0.3, -0.25) is 4.79 Å². The van der Waals surface area contributed by atoms with Crippen LogP contribution in [0.4, 0.5) is 5.69 Å². The van der Waals surface area contributed by atoms with Gasteiger partial charge in [-0.05, 0) is 49.8 Å². The molecule has 0 saturated carbocycles. The van der Waals surface area contributed by atoms with E-state index in [4.69, 9.17) is 0 Å². The van der Waals surface area contributed by atoms with E-state index in [1.807, 2.05) is 19.1 Å². The van der Waals surface area contributed by atoms with Gasteiger partial charge in [0.1, 0.15) is 23.7 Å². The molecule has 2 atom stereocenters. The molecule has 2 heterocycles. The average Bonchev–Trinajstić information content (AvgIpc) is 3.37. The number of phenolic OH excluding ortho intramolecular Hbond substituents is 1. The Bertz CT molecular complexity index is 964. The van der Waals surface area contributed by atoms with Crippen LogP contribution in [0.1, 0.15) is 70.6 Å². The highest BCUT2D eigenvalue weighted by Gasteiger charge is 2.38. The summed E-state index contributed by atoms with van der Waals surface area (Å²) in [7, 11) is 1.78. The second kappa shape index (κ2) is 12.0. The highest BCUT2D eigenvalue weighted by atomic mass is 16.3. The number of anilines is 1. The number of aldehydes is 1. The van der Waals surface area contributed by atoms with Gasteiger partial charge in [0, 0.05) is 51.9 Å². The SMILES string of the molecule is CCn1c(CCCC(C)(C)C)nnc1[C@H]1CN(C(C)=O)CC1C=O.CNc1ccc(C)cc1O. The highest BCUT2D eigenvalue weighted by molar-refractivity contribution is 5.75. The van der Waals surface area contributed by atoms with Gasteiger partial charge in [-0.2, -0.15) is 0 Å². The Morgan fingerprint density at radius 3 is 2.50 bits per heavy atom. The van der Waals surface area contributed by atoms with E-state index >= 15 is 0 Å². The van der Waals surface area contributed by atoms with Crippen molar-refractivity contribution >= 4 is 17.9 Å². The molecule has 0 aliphatic carbocycles. The normalized spacial score (nSPS) is 17.8. The molecule has 1 amide bonds. The Morgan fingerprint density at radius 2 is 1.97 bits per heavy atom. The Balaban J connectivity index is 0.000000340. The molecule has 1 aliphatic rings. The Morgan fingerprint density at radius 1 is 1.26 bits per heavy atom. The first-order chi connectivity index (χ1) is 16.0. The van der Waals surface area contributed by atoms with Gasteiger partial charge < -0.3 is 24.7 Å². The lowest BCUT2D eigenvalue weighted by atomic mass is 9.90. The van der Waals surface area contributed by atoms with Crippen molar-refractivity contribution in [1.82, 2.24) is 19.7 Å². The van der Waals surface area contributed by atoms with E-state index in [9.17, 15) is 14.7 Å². The number of aromatic hydroxyl groups is 1. The van der Waals surface area contributed by atoms with Crippen molar-refractivity contribution in [2.24, 2.45) is 11.3 Å². The second-order valence-corrected chi connectivity index (χ2v) is 10.2. The quantitative estimate of drug-likeness (QED) is 0.464. The molecular weight excluding hydrogens is 430 g/mol. The van der Waals surface area contributed by atoms with Crippen LogP contribution in [0.2, 0.25) is 0 Å². The van der Waals surface area contributed by atoms with Gasteiger partial charge in [0.05, 0.1) is 5.69 Å². The van der Waals surface area contributed by atoms with Crippen LogP contribution in [0.5, 0.6) is 5.75 Å². The van der Waals surface area contributed by atoms with Crippen molar-refractivity contribution < 1.29 is 14.7 Å². The molecule has 3 rings (SSSR count). The Kier molecular flexibility index (Phi) is 9.65. The van der Waals surface area contributed by atoms with Gasteiger partial charge in [0.25, 0.3) is 0 Å². The predicted octanol–water partition coefficient (Wildman–Crippen LogP) is 4.17. The predicted molar refractivity (Wildman–Crippen MR) is 135 cm³/mol. The fourth-order valence-corrected chi connectivity index (χ4v) is 4.28. The molecule has 1 unspecified atom stereocenters. The Hall–Kier alpha value is -2.90. The topological polar surface area (TPSA) is 100 Å². The summed E-state index contributed by atoms with van der Waals surface area (Å²) in [5.41, 5.74) is 2.15. The monoisotopic (exact) mass is 471 g/mol. The third kappa shape index (κ3) is 7.30. The van der Waals surface area contributed by atoms with E-state index in [0.29, 0.717) is 24.3 Å². The lowest BCUT2D eigenvalue weighted by Gasteiger charge is -2.18. The number of benzene rings is 1. The molecule has 0 spiro atoms. The first-order valence-electron chi connectivity index (χ1n) is 12.1. The standard InChI is InChI=1S/C18H30N4O2.C8H11NO/c1-6-22-16(8-7-9-18(3,4)5)19-20-17(22)15-11-21(13(2)24)10-14(15)12-23;1-6-3-4-7(9-2)8(10)5-6/h12,14-15H,6-11H2,1-5H3;3-5,9-10H,1-2H3/t14?,15-;/m0./s1. The lowest BCUT2D eigenvalue weighted by Crippen LogP contribution is -2.26. The number of aromatic nitrogens is 3. The average molecular weight is 472 g/mol. The fraction of sp³-hybridized carbons (Fsp3) is 0.615. The summed E-state index contributed by atoms with van der Waals surface area (Å²) in [4.78, 5) is 24.8. The van der Waals surface area contributed by atoms with Crippen LogP contribution >= 0.6 is 0 Å². The minimum atomic E-state index is -0.189. The molecule has 188 valence electrons. The van der Waals surface area contributed by atoms with Crippen LogP contribution in [0.15, 0.2) is 18.2 Å². The van der Waals surface area contributed by atoms with Crippen LogP contribution in [0, 0.1) is 18.3 Å². The van der Waals surface area contributed by atoms with Gasteiger partial charge in [-0.1, -0.05) is 26.8 Å². The second-order valence-electron chi connectivity index (χ2n) is 10.2. The minimum Gasteiger partial charge on any atom is -0.506 e. The molecule has 0 radical (unpaired) electrons. The molecule has 1 fully saturated rings. The van der Waals surface area contributed by atoms with Gasteiger partial charge >= 0.3 is 0 Å². The van der Waals surface area contributed by atoms with E-state index in [2.05, 4.69) is 47.8 Å². The molecule has 8 nitrogen and oxygen atoms in total. The number of nitrogens with one attached hydrogen (secondary N) is 1. The third-order valence-electron chi connectivity index (χ3n) is 6.24. The fourth-order valence-electron chi connectivity index (χ4n) is 4.28. The molecule has 2 aromatic rings. The zero-order valence-corrected chi connectivity index (χ0v) is 21.8. The minimum absolute atomic E-state index is 0.0114. The summed E-state index contributed by atoms with van der Waals surface area (Å²) in [5.74, 6) is 1.92. The molecule has 1 saturated heterocycles. The summed E-state index contributed by atoms with van der Waals surface area (Å²) in [5, 5.41) is 20.9. The zero-order chi connectivity index (χ0) is 25.5. The number of hydrogen-bond acceptors (Lipinski definition) is 6. The number of likely N-dealkylation sites (tertiary alicyclic amines) is 1. The number of rotatable bonds is 7. The number of phenols is 1. The number of carbonyl (C=O) groups excluding carboxylic acids is 2. The van der Waals surface area contributed by atoms with Crippen molar-refractivity contribution in [2.45, 2.75) is 73.3 Å². The molecule has 0 bridgehead atoms. The van der Waals surface area contributed by atoms with Crippen LogP contribution < -0.4 is 5.32 Å². The zero-order valence-electron chi connectivity index (χ0n) is 21.8. The van der Waals surface area contributed by atoms with Crippen LogP contribution in [0.3, 0.4) is 0 Å². The largest absolute Gasteiger partial charge is 0.506 e.